The fourth-order valence-corrected chi connectivity index (χ4v) is 3.41. The molecule has 0 amide bonds. The van der Waals surface area contributed by atoms with Crippen LogP contribution in [-0.4, -0.2) is 57.9 Å². The van der Waals surface area contributed by atoms with Crippen LogP contribution in [0, 0.1) is 0 Å². The molecule has 1 aliphatic rings. The number of ether oxygens (including phenoxy) is 2. The number of aliphatic hydroxyl groups is 2. The molecule has 0 aliphatic carbocycles. The van der Waals surface area contributed by atoms with Crippen molar-refractivity contribution in [3.63, 3.8) is 0 Å². The van der Waals surface area contributed by atoms with E-state index in [0.29, 0.717) is 16.7 Å². The smallest absolute Gasteiger partial charge is 0.163 e. The summed E-state index contributed by atoms with van der Waals surface area (Å²) in [5, 5.41) is 39.4. The van der Waals surface area contributed by atoms with Gasteiger partial charge in [0.2, 0.25) is 0 Å². The summed E-state index contributed by atoms with van der Waals surface area (Å²) >= 11 is 0. The van der Waals surface area contributed by atoms with E-state index in [2.05, 4.69) is 0 Å². The molecule has 0 saturated carbocycles. The van der Waals surface area contributed by atoms with Crippen LogP contribution in [0.25, 0.3) is 11.1 Å². The number of ketones is 1. The zero-order valence-corrected chi connectivity index (χ0v) is 14.8. The number of hydrogen-bond acceptors (Lipinski definition) is 7. The minimum absolute atomic E-state index is 0.0497. The molecule has 7 heteroatoms. The largest absolute Gasteiger partial charge is 0.507 e. The second kappa shape index (κ2) is 8.06. The first-order valence-electron chi connectivity index (χ1n) is 8.63. The Labute approximate surface area is 156 Å². The average Bonchev–Trinajstić information content (AvgIpc) is 3.04. The highest BCUT2D eigenvalue weighted by molar-refractivity contribution is 6.01. The van der Waals surface area contributed by atoms with Gasteiger partial charge in [0.1, 0.15) is 23.7 Å². The van der Waals surface area contributed by atoms with E-state index in [0.717, 1.165) is 6.07 Å². The Kier molecular flexibility index (Phi) is 5.76. The van der Waals surface area contributed by atoms with E-state index in [1.807, 2.05) is 6.07 Å². The maximum absolute atomic E-state index is 12.2. The molecule has 0 radical (unpaired) electrons. The average molecular weight is 374 g/mol. The number of hydrogen-bond donors (Lipinski definition) is 4. The van der Waals surface area contributed by atoms with Crippen molar-refractivity contribution >= 4 is 5.78 Å². The third-order valence-corrected chi connectivity index (χ3v) is 4.60. The van der Waals surface area contributed by atoms with E-state index in [1.54, 1.807) is 24.3 Å². The van der Waals surface area contributed by atoms with Gasteiger partial charge < -0.3 is 29.9 Å². The molecule has 2 aromatic carbocycles. The lowest BCUT2D eigenvalue weighted by Crippen LogP contribution is -2.29. The van der Waals surface area contributed by atoms with E-state index in [4.69, 9.17) is 9.47 Å². The van der Waals surface area contributed by atoms with Crippen LogP contribution >= 0.6 is 0 Å². The van der Waals surface area contributed by atoms with Crippen LogP contribution in [0.1, 0.15) is 22.8 Å². The van der Waals surface area contributed by atoms with Crippen molar-refractivity contribution < 1.29 is 34.7 Å². The molecule has 144 valence electrons. The quantitative estimate of drug-likeness (QED) is 0.568. The van der Waals surface area contributed by atoms with Crippen LogP contribution in [0.2, 0.25) is 0 Å². The van der Waals surface area contributed by atoms with Gasteiger partial charge >= 0.3 is 0 Å². The second-order valence-corrected chi connectivity index (χ2v) is 6.41. The fourth-order valence-electron chi connectivity index (χ4n) is 3.41. The molecule has 2 aromatic rings. The molecular weight excluding hydrogens is 352 g/mol. The van der Waals surface area contributed by atoms with Crippen LogP contribution in [0.5, 0.6) is 11.5 Å². The molecule has 0 spiro atoms. The molecule has 4 N–H and O–H groups in total. The number of aromatic hydroxyl groups is 2. The van der Waals surface area contributed by atoms with Gasteiger partial charge in [0.15, 0.2) is 12.1 Å². The third-order valence-electron chi connectivity index (χ3n) is 4.60. The standard InChI is InChI=1S/C20H22O7/c1-11(23)19-13(7-18-26-16(9-21)17(10-22)27-18)20(15(25)8-14(19)24)12-5-3-2-4-6-12/h2-6,8,16-18,21-22,24-25H,7,9-10H2,1H3/t16-,17-/m0/s1. The Morgan fingerprint density at radius 3 is 2.11 bits per heavy atom. The molecule has 1 aliphatic heterocycles. The summed E-state index contributed by atoms with van der Waals surface area (Å²) in [7, 11) is 0. The Hall–Kier alpha value is -2.45. The number of carbonyl (C=O) groups excluding carboxylic acids is 1. The van der Waals surface area contributed by atoms with Crippen molar-refractivity contribution in [1.82, 2.24) is 0 Å². The highest BCUT2D eigenvalue weighted by atomic mass is 16.7. The van der Waals surface area contributed by atoms with Crippen molar-refractivity contribution in [3.8, 4) is 22.6 Å². The molecule has 0 aromatic heterocycles. The van der Waals surface area contributed by atoms with Gasteiger partial charge in [-0.25, -0.2) is 0 Å². The molecule has 0 unspecified atom stereocenters. The van der Waals surface area contributed by atoms with E-state index >= 15 is 0 Å². The summed E-state index contributed by atoms with van der Waals surface area (Å²) in [6.07, 6.45) is -2.17. The Morgan fingerprint density at radius 1 is 1.00 bits per heavy atom. The van der Waals surface area contributed by atoms with Crippen LogP contribution in [0.3, 0.4) is 0 Å². The molecule has 1 heterocycles. The van der Waals surface area contributed by atoms with Crippen LogP contribution in [0.15, 0.2) is 36.4 Å². The van der Waals surface area contributed by atoms with Gasteiger partial charge in [-0.15, -0.1) is 0 Å². The SMILES string of the molecule is CC(=O)c1c(O)cc(O)c(-c2ccccc2)c1CC1O[C@@H](CO)[C@H](CO)O1. The highest BCUT2D eigenvalue weighted by Crippen LogP contribution is 2.41. The number of phenolic OH excluding ortho intramolecular Hbond substituents is 2. The zero-order chi connectivity index (χ0) is 19.6. The first-order valence-corrected chi connectivity index (χ1v) is 8.63. The number of carbonyl (C=O) groups is 1. The van der Waals surface area contributed by atoms with E-state index in [1.165, 1.54) is 6.92 Å². The summed E-state index contributed by atoms with van der Waals surface area (Å²) < 4.78 is 11.2. The predicted octanol–water partition coefficient (Wildman–Crippen LogP) is 1.60. The molecule has 7 nitrogen and oxygen atoms in total. The van der Waals surface area contributed by atoms with Crippen molar-refractivity contribution in [2.24, 2.45) is 0 Å². The van der Waals surface area contributed by atoms with Gasteiger partial charge in [-0.05, 0) is 18.1 Å². The van der Waals surface area contributed by atoms with Gasteiger partial charge in [0.05, 0.1) is 18.8 Å². The number of rotatable bonds is 6. The van der Waals surface area contributed by atoms with E-state index in [-0.39, 0.29) is 42.5 Å². The molecule has 1 saturated heterocycles. The highest BCUT2D eigenvalue weighted by Gasteiger charge is 2.36. The van der Waals surface area contributed by atoms with Crippen molar-refractivity contribution in [2.45, 2.75) is 31.8 Å². The van der Waals surface area contributed by atoms with Crippen LogP contribution in [-0.2, 0) is 15.9 Å². The van der Waals surface area contributed by atoms with Crippen molar-refractivity contribution in [2.75, 3.05) is 13.2 Å². The normalized spacial score (nSPS) is 20.1. The van der Waals surface area contributed by atoms with Crippen molar-refractivity contribution in [1.29, 1.82) is 0 Å². The second-order valence-electron chi connectivity index (χ2n) is 6.41. The lowest BCUT2D eigenvalue weighted by atomic mass is 9.90. The number of phenols is 2. The number of Topliss-reactive ketones (excluding diaryl/α,β-unsaturated/α-hetero) is 1. The van der Waals surface area contributed by atoms with E-state index in [9.17, 15) is 25.2 Å². The summed E-state index contributed by atoms with van der Waals surface area (Å²) in [5.74, 6) is -0.866. The minimum atomic E-state index is -0.846. The van der Waals surface area contributed by atoms with Gasteiger partial charge in [-0.1, -0.05) is 30.3 Å². The third kappa shape index (κ3) is 3.81. The Bertz CT molecular complexity index is 807. The molecule has 2 atom stereocenters. The molecule has 0 bridgehead atoms. The maximum Gasteiger partial charge on any atom is 0.163 e. The monoisotopic (exact) mass is 374 g/mol. The van der Waals surface area contributed by atoms with Gasteiger partial charge in [-0.3, -0.25) is 4.79 Å². The first kappa shape index (κ1) is 19.3. The Balaban J connectivity index is 2.08. The van der Waals surface area contributed by atoms with Crippen LogP contribution < -0.4 is 0 Å². The lowest BCUT2D eigenvalue weighted by molar-refractivity contribution is -0.0724. The maximum atomic E-state index is 12.2. The number of benzene rings is 2. The van der Waals surface area contributed by atoms with Gasteiger partial charge in [0.25, 0.3) is 0 Å². The van der Waals surface area contributed by atoms with E-state index < -0.39 is 18.5 Å². The van der Waals surface area contributed by atoms with Crippen molar-refractivity contribution in [3.05, 3.63) is 47.5 Å². The fraction of sp³-hybridized carbons (Fsp3) is 0.350. The Morgan fingerprint density at radius 2 is 1.59 bits per heavy atom. The molecule has 3 rings (SSSR count). The number of aliphatic hydroxyl groups excluding tert-OH is 2. The van der Waals surface area contributed by atoms with Crippen LogP contribution in [0.4, 0.5) is 0 Å². The minimum Gasteiger partial charge on any atom is -0.507 e. The molecule has 1 fully saturated rings. The summed E-state index contributed by atoms with van der Waals surface area (Å²) in [6, 6.07) is 10.1. The zero-order valence-electron chi connectivity index (χ0n) is 14.8. The topological polar surface area (TPSA) is 116 Å². The predicted molar refractivity (Wildman–Crippen MR) is 96.6 cm³/mol. The lowest BCUT2D eigenvalue weighted by Gasteiger charge is -2.19. The first-order chi connectivity index (χ1) is 13.0. The van der Waals surface area contributed by atoms with Gasteiger partial charge in [0, 0.05) is 18.1 Å². The summed E-state index contributed by atoms with van der Waals surface area (Å²) in [5.41, 5.74) is 1.53. The summed E-state index contributed by atoms with van der Waals surface area (Å²) in [6.45, 7) is 0.685. The summed E-state index contributed by atoms with van der Waals surface area (Å²) in [4.78, 5) is 12.2. The molecule has 27 heavy (non-hydrogen) atoms. The van der Waals surface area contributed by atoms with Gasteiger partial charge in [-0.2, -0.15) is 0 Å². The molecular formula is C20H22O7.